The average molecular weight is 325 g/mol. The Balaban J connectivity index is 1.74. The van der Waals surface area contributed by atoms with Gasteiger partial charge in [-0.2, -0.15) is 0 Å². The molecule has 1 unspecified atom stereocenters. The summed E-state index contributed by atoms with van der Waals surface area (Å²) in [6, 6.07) is 0.377. The number of hydrogen-bond donors (Lipinski definition) is 1. The first-order valence-electron chi connectivity index (χ1n) is 8.73. The van der Waals surface area contributed by atoms with Gasteiger partial charge in [-0.1, -0.05) is 0 Å². The first-order valence-corrected chi connectivity index (χ1v) is 8.73. The molecule has 2 aliphatic rings. The van der Waals surface area contributed by atoms with Gasteiger partial charge in [0.1, 0.15) is 5.60 Å². The van der Waals surface area contributed by atoms with Crippen LogP contribution in [0.2, 0.25) is 0 Å². The van der Waals surface area contributed by atoms with Crippen molar-refractivity contribution < 1.29 is 14.3 Å². The van der Waals surface area contributed by atoms with E-state index >= 15 is 0 Å². The lowest BCUT2D eigenvalue weighted by Crippen LogP contribution is -2.51. The number of nitrogens with one attached hydrogen (secondary N) is 1. The highest BCUT2D eigenvalue weighted by Gasteiger charge is 2.29. The van der Waals surface area contributed by atoms with Crippen molar-refractivity contribution in [3.8, 4) is 0 Å². The van der Waals surface area contributed by atoms with Crippen molar-refractivity contribution in [2.24, 2.45) is 5.92 Å². The van der Waals surface area contributed by atoms with Crippen molar-refractivity contribution in [2.45, 2.75) is 58.6 Å². The lowest BCUT2D eigenvalue weighted by Gasteiger charge is -2.35. The molecule has 2 rings (SSSR count). The minimum Gasteiger partial charge on any atom is -0.444 e. The number of hydrogen-bond acceptors (Lipinski definition) is 4. The molecule has 0 aromatic carbocycles. The normalized spacial score (nSPS) is 23.7. The highest BCUT2D eigenvalue weighted by atomic mass is 16.6. The number of piperidine rings is 1. The highest BCUT2D eigenvalue weighted by Crippen LogP contribution is 2.23. The molecule has 2 amide bonds. The number of rotatable bonds is 2. The van der Waals surface area contributed by atoms with E-state index < -0.39 is 5.60 Å². The number of carbonyl (C=O) groups excluding carboxylic acids is 2. The van der Waals surface area contributed by atoms with Crippen LogP contribution in [0.3, 0.4) is 0 Å². The van der Waals surface area contributed by atoms with Crippen molar-refractivity contribution in [1.82, 2.24) is 15.1 Å². The topological polar surface area (TPSA) is 61.9 Å². The fraction of sp³-hybridized carbons (Fsp3) is 0.882. The Labute approximate surface area is 139 Å². The molecule has 2 fully saturated rings. The number of amides is 2. The average Bonchev–Trinajstić information content (AvgIpc) is 2.46. The summed E-state index contributed by atoms with van der Waals surface area (Å²) in [4.78, 5) is 28.2. The van der Waals surface area contributed by atoms with Gasteiger partial charge < -0.3 is 19.9 Å². The molecule has 0 spiro atoms. The van der Waals surface area contributed by atoms with Crippen LogP contribution in [0.4, 0.5) is 4.79 Å². The maximum Gasteiger partial charge on any atom is 0.410 e. The Morgan fingerprint density at radius 1 is 1.13 bits per heavy atom. The predicted octanol–water partition coefficient (Wildman–Crippen LogP) is 1.84. The Morgan fingerprint density at radius 3 is 2.35 bits per heavy atom. The van der Waals surface area contributed by atoms with E-state index in [0.717, 1.165) is 32.5 Å². The Bertz CT molecular complexity index is 425. The van der Waals surface area contributed by atoms with E-state index in [0.29, 0.717) is 31.5 Å². The molecule has 6 nitrogen and oxygen atoms in total. The van der Waals surface area contributed by atoms with Gasteiger partial charge >= 0.3 is 6.09 Å². The lowest BCUT2D eigenvalue weighted by molar-refractivity contribution is -0.133. The van der Waals surface area contributed by atoms with Crippen molar-refractivity contribution in [2.75, 3.05) is 32.7 Å². The van der Waals surface area contributed by atoms with Crippen LogP contribution in [0, 0.1) is 5.92 Å². The van der Waals surface area contributed by atoms with E-state index in [4.69, 9.17) is 4.74 Å². The maximum absolute atomic E-state index is 12.4. The van der Waals surface area contributed by atoms with E-state index in [-0.39, 0.29) is 12.0 Å². The molecule has 1 atom stereocenters. The third kappa shape index (κ3) is 5.68. The summed E-state index contributed by atoms with van der Waals surface area (Å²) in [7, 11) is 0. The van der Waals surface area contributed by atoms with Crippen LogP contribution < -0.4 is 5.32 Å². The van der Waals surface area contributed by atoms with Crippen LogP contribution in [0.1, 0.15) is 47.0 Å². The number of carbonyl (C=O) groups is 2. The van der Waals surface area contributed by atoms with Crippen molar-refractivity contribution in [1.29, 1.82) is 0 Å². The minimum absolute atomic E-state index is 0.238. The molecular weight excluding hydrogens is 294 g/mol. The largest absolute Gasteiger partial charge is 0.444 e. The number of likely N-dealkylation sites (tertiary alicyclic amines) is 1. The Hall–Kier alpha value is -1.30. The van der Waals surface area contributed by atoms with Crippen molar-refractivity contribution in [3.63, 3.8) is 0 Å². The van der Waals surface area contributed by atoms with Crippen LogP contribution in [0.25, 0.3) is 0 Å². The summed E-state index contributed by atoms with van der Waals surface area (Å²) in [5.41, 5.74) is -0.455. The molecule has 132 valence electrons. The van der Waals surface area contributed by atoms with Gasteiger partial charge in [-0.25, -0.2) is 4.79 Å². The molecule has 0 aromatic rings. The quantitative estimate of drug-likeness (QED) is 0.841. The van der Waals surface area contributed by atoms with Gasteiger partial charge in [-0.3, -0.25) is 4.79 Å². The van der Waals surface area contributed by atoms with Gasteiger partial charge in [0.15, 0.2) is 0 Å². The predicted molar refractivity (Wildman–Crippen MR) is 89.2 cm³/mol. The third-order valence-electron chi connectivity index (χ3n) is 4.45. The fourth-order valence-electron chi connectivity index (χ4n) is 3.18. The van der Waals surface area contributed by atoms with Crippen LogP contribution in [0.15, 0.2) is 0 Å². The second-order valence-corrected chi connectivity index (χ2v) is 7.81. The summed E-state index contributed by atoms with van der Waals surface area (Å²) in [6.45, 7) is 11.6. The van der Waals surface area contributed by atoms with Crippen molar-refractivity contribution in [3.05, 3.63) is 0 Å². The summed E-state index contributed by atoms with van der Waals surface area (Å²) >= 11 is 0. The van der Waals surface area contributed by atoms with Gasteiger partial charge in [0, 0.05) is 45.2 Å². The molecule has 0 aliphatic carbocycles. The summed E-state index contributed by atoms with van der Waals surface area (Å²) in [6.07, 6.45) is 2.13. The standard InChI is InChI=1S/C17H31N3O3/c1-13-12-20(10-7-18-13)15(21)11-14-5-8-19(9-6-14)16(22)23-17(2,3)4/h13-14,18H,5-12H2,1-4H3. The highest BCUT2D eigenvalue weighted by molar-refractivity contribution is 5.76. The van der Waals surface area contributed by atoms with Gasteiger partial charge in [0.2, 0.25) is 5.91 Å². The van der Waals surface area contributed by atoms with Gasteiger partial charge in [0.05, 0.1) is 0 Å². The molecule has 0 aromatic heterocycles. The monoisotopic (exact) mass is 325 g/mol. The Morgan fingerprint density at radius 2 is 1.78 bits per heavy atom. The molecule has 1 N–H and O–H groups in total. The molecule has 2 heterocycles. The van der Waals surface area contributed by atoms with Crippen LogP contribution in [-0.4, -0.2) is 66.2 Å². The van der Waals surface area contributed by atoms with Crippen LogP contribution >= 0.6 is 0 Å². The zero-order valence-corrected chi connectivity index (χ0v) is 14.9. The van der Waals surface area contributed by atoms with E-state index in [1.165, 1.54) is 0 Å². The van der Waals surface area contributed by atoms with Gasteiger partial charge in [-0.15, -0.1) is 0 Å². The van der Waals surface area contributed by atoms with Crippen LogP contribution in [-0.2, 0) is 9.53 Å². The van der Waals surface area contributed by atoms with E-state index in [9.17, 15) is 9.59 Å². The molecule has 0 radical (unpaired) electrons. The second-order valence-electron chi connectivity index (χ2n) is 7.81. The smallest absolute Gasteiger partial charge is 0.410 e. The molecule has 2 aliphatic heterocycles. The maximum atomic E-state index is 12.4. The lowest BCUT2D eigenvalue weighted by atomic mass is 9.93. The van der Waals surface area contributed by atoms with E-state index in [2.05, 4.69) is 12.2 Å². The molecule has 0 saturated carbocycles. The van der Waals surface area contributed by atoms with Gasteiger partial charge in [0.25, 0.3) is 0 Å². The first kappa shape index (κ1) is 18.0. The Kier molecular flexibility index (Phi) is 5.89. The number of nitrogens with zero attached hydrogens (tertiary/aromatic N) is 2. The fourth-order valence-corrected chi connectivity index (χ4v) is 3.18. The zero-order valence-electron chi connectivity index (χ0n) is 14.9. The number of piperazine rings is 1. The van der Waals surface area contributed by atoms with E-state index in [1.54, 1.807) is 4.90 Å². The molecular formula is C17H31N3O3. The minimum atomic E-state index is -0.455. The molecule has 23 heavy (non-hydrogen) atoms. The molecule has 2 saturated heterocycles. The van der Waals surface area contributed by atoms with Crippen molar-refractivity contribution >= 4 is 12.0 Å². The van der Waals surface area contributed by atoms with E-state index in [1.807, 2.05) is 25.7 Å². The van der Waals surface area contributed by atoms with Crippen LogP contribution in [0.5, 0.6) is 0 Å². The molecule has 0 bridgehead atoms. The zero-order chi connectivity index (χ0) is 17.0. The summed E-state index contributed by atoms with van der Waals surface area (Å²) < 4.78 is 5.41. The third-order valence-corrected chi connectivity index (χ3v) is 4.45. The second kappa shape index (κ2) is 7.51. The molecule has 6 heteroatoms. The SMILES string of the molecule is CC1CN(C(=O)CC2CCN(C(=O)OC(C)(C)C)CC2)CCN1. The number of ether oxygens (including phenoxy) is 1. The summed E-state index contributed by atoms with van der Waals surface area (Å²) in [5.74, 6) is 0.639. The first-order chi connectivity index (χ1) is 10.7. The summed E-state index contributed by atoms with van der Waals surface area (Å²) in [5, 5.41) is 3.36. The van der Waals surface area contributed by atoms with Gasteiger partial charge in [-0.05, 0) is 46.5 Å².